The van der Waals surface area contributed by atoms with E-state index in [1.54, 1.807) is 0 Å². The molecular formula is C33H19N5. The molecule has 0 aliphatic heterocycles. The highest BCUT2D eigenvalue weighted by molar-refractivity contribution is 6.04. The van der Waals surface area contributed by atoms with Gasteiger partial charge >= 0.3 is 0 Å². The van der Waals surface area contributed by atoms with Crippen molar-refractivity contribution in [1.29, 1.82) is 0 Å². The van der Waals surface area contributed by atoms with Crippen molar-refractivity contribution in [3.8, 4) is 22.6 Å². The zero-order valence-corrected chi connectivity index (χ0v) is 20.2. The number of hydrogen-bond acceptors (Lipinski definition) is 5. The highest BCUT2D eigenvalue weighted by Crippen LogP contribution is 2.30. The van der Waals surface area contributed by atoms with E-state index in [1.165, 1.54) is 0 Å². The number of benzene rings is 3. The van der Waals surface area contributed by atoms with Crippen molar-refractivity contribution >= 4 is 54.5 Å². The van der Waals surface area contributed by atoms with Crippen molar-refractivity contribution in [2.75, 3.05) is 0 Å². The van der Waals surface area contributed by atoms with E-state index in [-0.39, 0.29) is 0 Å². The highest BCUT2D eigenvalue weighted by atomic mass is 14.8. The molecule has 5 nitrogen and oxygen atoms in total. The fourth-order valence-electron chi connectivity index (χ4n) is 5.17. The van der Waals surface area contributed by atoms with Gasteiger partial charge in [0.05, 0.1) is 44.7 Å². The van der Waals surface area contributed by atoms with E-state index in [9.17, 15) is 0 Å². The molecule has 0 amide bonds. The maximum Gasteiger partial charge on any atom is 0.0972 e. The first-order valence-electron chi connectivity index (χ1n) is 12.5. The van der Waals surface area contributed by atoms with Crippen LogP contribution < -0.4 is 0 Å². The molecule has 5 aromatic heterocycles. The Morgan fingerprint density at radius 1 is 0.368 bits per heavy atom. The lowest BCUT2D eigenvalue weighted by molar-refractivity contribution is 1.31. The van der Waals surface area contributed by atoms with Crippen LogP contribution in [0.3, 0.4) is 0 Å². The van der Waals surface area contributed by atoms with Crippen molar-refractivity contribution in [3.63, 3.8) is 0 Å². The molecule has 0 bridgehead atoms. The average molecular weight is 486 g/mol. The minimum absolute atomic E-state index is 0.823. The molecule has 0 aliphatic carbocycles. The maximum absolute atomic E-state index is 5.01. The zero-order valence-electron chi connectivity index (χ0n) is 20.2. The number of nitrogens with zero attached hydrogens (tertiary/aromatic N) is 5. The summed E-state index contributed by atoms with van der Waals surface area (Å²) in [6.07, 6.45) is 3.63. The Balaban J connectivity index is 1.26. The van der Waals surface area contributed by atoms with Crippen molar-refractivity contribution in [2.24, 2.45) is 0 Å². The topological polar surface area (TPSA) is 64.5 Å². The Morgan fingerprint density at radius 2 is 0.842 bits per heavy atom. The number of rotatable bonds is 2. The molecule has 0 spiro atoms. The van der Waals surface area contributed by atoms with E-state index in [0.717, 1.165) is 77.2 Å². The van der Waals surface area contributed by atoms with Crippen LogP contribution in [0.2, 0.25) is 0 Å². The average Bonchev–Trinajstić information content (AvgIpc) is 3.00. The number of hydrogen-bond donors (Lipinski definition) is 0. The van der Waals surface area contributed by atoms with Gasteiger partial charge in [0.25, 0.3) is 0 Å². The molecule has 0 N–H and O–H groups in total. The lowest BCUT2D eigenvalue weighted by atomic mass is 10.0. The van der Waals surface area contributed by atoms with Crippen molar-refractivity contribution < 1.29 is 0 Å². The molecule has 0 saturated heterocycles. The maximum atomic E-state index is 5.01. The van der Waals surface area contributed by atoms with Gasteiger partial charge in [-0.3, -0.25) is 9.97 Å². The number of pyridine rings is 5. The molecule has 38 heavy (non-hydrogen) atoms. The fraction of sp³-hybridized carbons (Fsp3) is 0. The normalized spacial score (nSPS) is 11.7. The highest BCUT2D eigenvalue weighted by Gasteiger charge is 2.10. The fourth-order valence-corrected chi connectivity index (χ4v) is 5.17. The van der Waals surface area contributed by atoms with E-state index < -0.39 is 0 Å². The first kappa shape index (κ1) is 20.9. The molecule has 0 aliphatic rings. The minimum Gasteiger partial charge on any atom is -0.254 e. The monoisotopic (exact) mass is 485 g/mol. The Hall–Kier alpha value is -5.29. The molecule has 0 radical (unpaired) electrons. The molecule has 8 aromatic rings. The Morgan fingerprint density at radius 3 is 1.50 bits per heavy atom. The standard InChI is InChI=1S/C33H19N5/c1-3-21-6-8-23-12-14-26(37-32(23)30(21)34-17-1)25-10-5-20-11-15-27(36-29(20)19-25)28-16-13-24-9-7-22-4-2-18-35-31(22)33(24)38-28/h1-19H. The minimum atomic E-state index is 0.823. The first-order chi connectivity index (χ1) is 18.8. The van der Waals surface area contributed by atoms with Gasteiger partial charge in [0, 0.05) is 44.9 Å². The number of fused-ring (bicyclic) bond motifs is 7. The van der Waals surface area contributed by atoms with Crippen LogP contribution in [0.15, 0.2) is 116 Å². The lowest BCUT2D eigenvalue weighted by Gasteiger charge is -2.08. The molecule has 0 atom stereocenters. The summed E-state index contributed by atoms with van der Waals surface area (Å²) in [4.78, 5) is 24.2. The predicted octanol–water partition coefficient (Wildman–Crippen LogP) is 7.76. The van der Waals surface area contributed by atoms with Gasteiger partial charge in [-0.1, -0.05) is 66.7 Å². The van der Waals surface area contributed by atoms with E-state index in [4.69, 9.17) is 15.0 Å². The SMILES string of the molecule is c1cnc2c(c1)ccc1ccc(-c3ccc4ccc(-c5ccc6ccc7cccnc7c6n5)nc4c3)nc12. The van der Waals surface area contributed by atoms with Crippen LogP contribution in [-0.4, -0.2) is 24.9 Å². The third-order valence-corrected chi connectivity index (χ3v) is 7.11. The second-order valence-corrected chi connectivity index (χ2v) is 9.42. The zero-order chi connectivity index (χ0) is 25.1. The van der Waals surface area contributed by atoms with Gasteiger partial charge in [-0.2, -0.15) is 0 Å². The number of aromatic nitrogens is 5. The summed E-state index contributed by atoms with van der Waals surface area (Å²) in [6.45, 7) is 0. The van der Waals surface area contributed by atoms with Gasteiger partial charge < -0.3 is 0 Å². The summed E-state index contributed by atoms with van der Waals surface area (Å²) in [7, 11) is 0. The summed E-state index contributed by atoms with van der Waals surface area (Å²) >= 11 is 0. The molecule has 0 fully saturated rings. The third kappa shape index (κ3) is 3.29. The van der Waals surface area contributed by atoms with Crippen LogP contribution in [0.4, 0.5) is 0 Å². The first-order valence-corrected chi connectivity index (χ1v) is 12.5. The van der Waals surface area contributed by atoms with Crippen LogP contribution in [0.5, 0.6) is 0 Å². The van der Waals surface area contributed by atoms with Gasteiger partial charge in [-0.25, -0.2) is 15.0 Å². The Labute approximate surface area is 217 Å². The summed E-state index contributed by atoms with van der Waals surface area (Å²) in [6, 6.07) is 35.1. The van der Waals surface area contributed by atoms with Gasteiger partial charge in [0.1, 0.15) is 0 Å². The van der Waals surface area contributed by atoms with E-state index >= 15 is 0 Å². The molecule has 5 heterocycles. The van der Waals surface area contributed by atoms with Crippen molar-refractivity contribution in [1.82, 2.24) is 24.9 Å². The molecule has 0 unspecified atom stereocenters. The van der Waals surface area contributed by atoms with Crippen molar-refractivity contribution in [2.45, 2.75) is 0 Å². The molecule has 5 heteroatoms. The van der Waals surface area contributed by atoms with E-state index in [0.29, 0.717) is 0 Å². The van der Waals surface area contributed by atoms with Crippen LogP contribution >= 0.6 is 0 Å². The third-order valence-electron chi connectivity index (χ3n) is 7.11. The van der Waals surface area contributed by atoms with Crippen LogP contribution in [-0.2, 0) is 0 Å². The molecule has 3 aromatic carbocycles. The summed E-state index contributed by atoms with van der Waals surface area (Å²) in [5, 5.41) is 5.36. The van der Waals surface area contributed by atoms with Crippen LogP contribution in [0, 0.1) is 0 Å². The molecular weight excluding hydrogens is 466 g/mol. The van der Waals surface area contributed by atoms with Crippen LogP contribution in [0.1, 0.15) is 0 Å². The Kier molecular flexibility index (Phi) is 4.45. The summed E-state index contributed by atoms with van der Waals surface area (Å²) < 4.78 is 0. The van der Waals surface area contributed by atoms with E-state index in [2.05, 4.69) is 88.8 Å². The van der Waals surface area contributed by atoms with E-state index in [1.807, 2.05) is 36.7 Å². The van der Waals surface area contributed by atoms with Crippen LogP contribution in [0.25, 0.3) is 77.2 Å². The summed E-state index contributed by atoms with van der Waals surface area (Å²) in [5.41, 5.74) is 8.06. The van der Waals surface area contributed by atoms with Gasteiger partial charge in [0.15, 0.2) is 0 Å². The molecule has 176 valence electrons. The largest absolute Gasteiger partial charge is 0.254 e. The Bertz CT molecular complexity index is 2050. The second kappa shape index (κ2) is 8.11. The smallest absolute Gasteiger partial charge is 0.0972 e. The quantitative estimate of drug-likeness (QED) is 0.234. The van der Waals surface area contributed by atoms with Gasteiger partial charge in [0.2, 0.25) is 0 Å². The molecule has 8 rings (SSSR count). The second-order valence-electron chi connectivity index (χ2n) is 9.42. The predicted molar refractivity (Wildman–Crippen MR) is 154 cm³/mol. The molecule has 0 saturated carbocycles. The van der Waals surface area contributed by atoms with Gasteiger partial charge in [-0.15, -0.1) is 0 Å². The van der Waals surface area contributed by atoms with Gasteiger partial charge in [-0.05, 0) is 36.4 Å². The van der Waals surface area contributed by atoms with Crippen molar-refractivity contribution in [3.05, 3.63) is 116 Å². The lowest BCUT2D eigenvalue weighted by Crippen LogP contribution is -1.92. The summed E-state index contributed by atoms with van der Waals surface area (Å²) in [5.74, 6) is 0.